The topological polar surface area (TPSA) is 46.3 Å². The third-order valence-electron chi connectivity index (χ3n) is 2.28. The monoisotopic (exact) mass is 252 g/mol. The molecule has 0 saturated carbocycles. The number of nitrogens with two attached hydrogens (primary N) is 1. The fraction of sp³-hybridized carbons (Fsp3) is 0.154. The molecule has 0 aliphatic rings. The second-order valence-electron chi connectivity index (χ2n) is 3.64. The molecule has 96 valence electrons. The van der Waals surface area contributed by atoms with Gasteiger partial charge in [0.2, 0.25) is 0 Å². The molecule has 0 aliphatic heterocycles. The Morgan fingerprint density at radius 1 is 1.28 bits per heavy atom. The van der Waals surface area contributed by atoms with E-state index in [0.717, 1.165) is 12.1 Å². The molecule has 2 N–H and O–H groups in total. The van der Waals surface area contributed by atoms with Crippen molar-refractivity contribution in [2.24, 2.45) is 0 Å². The number of carbonyl (C=O) groups is 1. The minimum atomic E-state index is -0.917. The molecule has 3 nitrogen and oxygen atoms in total. The fourth-order valence-corrected chi connectivity index (χ4v) is 1.49. The molecule has 1 aromatic rings. The minimum Gasteiger partial charge on any atom is -0.396 e. The van der Waals surface area contributed by atoms with E-state index in [1.807, 2.05) is 0 Å². The van der Waals surface area contributed by atoms with Crippen molar-refractivity contribution in [3.05, 3.63) is 54.6 Å². The molecule has 0 saturated heterocycles. The fourth-order valence-electron chi connectivity index (χ4n) is 1.49. The van der Waals surface area contributed by atoms with Gasteiger partial charge in [-0.3, -0.25) is 4.79 Å². The summed E-state index contributed by atoms with van der Waals surface area (Å²) in [5.74, 6) is -2.33. The average Bonchev–Trinajstić information content (AvgIpc) is 2.32. The Kier molecular flexibility index (Phi) is 4.59. The van der Waals surface area contributed by atoms with E-state index in [0.29, 0.717) is 0 Å². The number of benzene rings is 1. The summed E-state index contributed by atoms with van der Waals surface area (Å²) in [6, 6.07) is 1.66. The van der Waals surface area contributed by atoms with Crippen LogP contribution in [0.3, 0.4) is 0 Å². The largest absolute Gasteiger partial charge is 0.396 e. The van der Waals surface area contributed by atoms with Gasteiger partial charge >= 0.3 is 0 Å². The molecular formula is C13H14F2N2O. The molecule has 0 spiro atoms. The third-order valence-corrected chi connectivity index (χ3v) is 2.28. The van der Waals surface area contributed by atoms with E-state index in [1.54, 1.807) is 0 Å². The van der Waals surface area contributed by atoms with Crippen LogP contribution in [0.25, 0.3) is 0 Å². The lowest BCUT2D eigenvalue weighted by molar-refractivity contribution is 0.0786. The van der Waals surface area contributed by atoms with Crippen LogP contribution in [0.2, 0.25) is 0 Å². The maximum absolute atomic E-state index is 13.7. The lowest BCUT2D eigenvalue weighted by Crippen LogP contribution is -2.32. The number of halogens is 2. The van der Waals surface area contributed by atoms with Gasteiger partial charge in [0, 0.05) is 13.1 Å². The van der Waals surface area contributed by atoms with E-state index in [2.05, 4.69) is 13.2 Å². The van der Waals surface area contributed by atoms with Crippen molar-refractivity contribution in [2.45, 2.75) is 0 Å². The number of hydrogen-bond donors (Lipinski definition) is 1. The first-order valence-corrected chi connectivity index (χ1v) is 5.26. The Morgan fingerprint density at radius 2 is 1.83 bits per heavy atom. The van der Waals surface area contributed by atoms with Crippen LogP contribution in [0, 0.1) is 11.6 Å². The molecule has 0 fully saturated rings. The van der Waals surface area contributed by atoms with Crippen molar-refractivity contribution in [2.75, 3.05) is 18.8 Å². The van der Waals surface area contributed by atoms with E-state index in [1.165, 1.54) is 17.1 Å². The zero-order valence-corrected chi connectivity index (χ0v) is 9.83. The first-order valence-electron chi connectivity index (χ1n) is 5.26. The van der Waals surface area contributed by atoms with Crippen molar-refractivity contribution in [3.8, 4) is 0 Å². The summed E-state index contributed by atoms with van der Waals surface area (Å²) in [5, 5.41) is 0. The van der Waals surface area contributed by atoms with Gasteiger partial charge in [0.25, 0.3) is 5.91 Å². The molecule has 0 bridgehead atoms. The summed E-state index contributed by atoms with van der Waals surface area (Å²) in [5.41, 5.74) is 4.50. The first kappa shape index (κ1) is 13.9. The summed E-state index contributed by atoms with van der Waals surface area (Å²) in [4.78, 5) is 13.3. The highest BCUT2D eigenvalue weighted by molar-refractivity contribution is 5.95. The van der Waals surface area contributed by atoms with Crippen LogP contribution in [0.15, 0.2) is 37.4 Å². The number of amides is 1. The Balaban J connectivity index is 3.15. The Bertz CT molecular complexity index is 476. The van der Waals surface area contributed by atoms with Crippen molar-refractivity contribution < 1.29 is 13.6 Å². The zero-order valence-electron chi connectivity index (χ0n) is 9.83. The summed E-state index contributed by atoms with van der Waals surface area (Å²) in [7, 11) is 0. The summed E-state index contributed by atoms with van der Waals surface area (Å²) in [6.45, 7) is 7.41. The highest BCUT2D eigenvalue weighted by Crippen LogP contribution is 2.19. The van der Waals surface area contributed by atoms with E-state index in [4.69, 9.17) is 5.73 Å². The van der Waals surface area contributed by atoms with Crippen LogP contribution in [-0.2, 0) is 0 Å². The van der Waals surface area contributed by atoms with Gasteiger partial charge in [-0.2, -0.15) is 0 Å². The number of nitrogens with zero attached hydrogens (tertiary/aromatic N) is 1. The lowest BCUT2D eigenvalue weighted by atomic mass is 10.1. The maximum Gasteiger partial charge on any atom is 0.257 e. The molecule has 1 aromatic carbocycles. The van der Waals surface area contributed by atoms with E-state index < -0.39 is 28.8 Å². The molecule has 0 radical (unpaired) electrons. The first-order chi connectivity index (χ1) is 8.51. The predicted octanol–water partition coefficient (Wildman–Crippen LogP) is 2.36. The van der Waals surface area contributed by atoms with Crippen molar-refractivity contribution in [1.82, 2.24) is 4.90 Å². The van der Waals surface area contributed by atoms with Gasteiger partial charge < -0.3 is 10.6 Å². The Hall–Kier alpha value is -2.17. The van der Waals surface area contributed by atoms with Gasteiger partial charge in [-0.05, 0) is 12.1 Å². The van der Waals surface area contributed by atoms with Gasteiger partial charge in [-0.25, -0.2) is 8.78 Å². The standard InChI is InChI=1S/C13H14F2N2O/c1-3-5-17(6-4-2)13(18)10-7-9(14)8-11(16)12(10)15/h3-4,7-8H,1-2,5-6,16H2. The predicted molar refractivity (Wildman–Crippen MR) is 67.1 cm³/mol. The van der Waals surface area contributed by atoms with Gasteiger partial charge in [-0.15, -0.1) is 13.2 Å². The highest BCUT2D eigenvalue weighted by Gasteiger charge is 2.20. The van der Waals surface area contributed by atoms with E-state index in [9.17, 15) is 13.6 Å². The second-order valence-corrected chi connectivity index (χ2v) is 3.64. The molecular weight excluding hydrogens is 238 g/mol. The lowest BCUT2D eigenvalue weighted by Gasteiger charge is -2.19. The molecule has 0 atom stereocenters. The van der Waals surface area contributed by atoms with Crippen molar-refractivity contribution in [3.63, 3.8) is 0 Å². The van der Waals surface area contributed by atoms with Crippen LogP contribution >= 0.6 is 0 Å². The van der Waals surface area contributed by atoms with Crippen LogP contribution < -0.4 is 5.73 Å². The van der Waals surface area contributed by atoms with E-state index >= 15 is 0 Å². The Labute approximate surface area is 104 Å². The highest BCUT2D eigenvalue weighted by atomic mass is 19.1. The molecule has 1 amide bonds. The molecule has 0 aliphatic carbocycles. The number of nitrogen functional groups attached to an aromatic ring is 1. The van der Waals surface area contributed by atoms with E-state index in [-0.39, 0.29) is 13.1 Å². The normalized spacial score (nSPS) is 9.89. The summed E-state index contributed by atoms with van der Waals surface area (Å²) < 4.78 is 26.8. The Morgan fingerprint density at radius 3 is 2.33 bits per heavy atom. The second kappa shape index (κ2) is 5.95. The third kappa shape index (κ3) is 2.94. The molecule has 18 heavy (non-hydrogen) atoms. The maximum atomic E-state index is 13.7. The van der Waals surface area contributed by atoms with Gasteiger partial charge in [0.1, 0.15) is 5.82 Å². The van der Waals surface area contributed by atoms with Gasteiger partial charge in [-0.1, -0.05) is 12.2 Å². The van der Waals surface area contributed by atoms with Crippen LogP contribution in [0.5, 0.6) is 0 Å². The molecule has 0 unspecified atom stereocenters. The molecule has 0 aromatic heterocycles. The molecule has 0 heterocycles. The zero-order chi connectivity index (χ0) is 13.7. The number of carbonyl (C=O) groups excluding carboxylic acids is 1. The minimum absolute atomic E-state index is 0.209. The smallest absolute Gasteiger partial charge is 0.257 e. The summed E-state index contributed by atoms with van der Waals surface area (Å²) in [6.07, 6.45) is 2.98. The molecule has 5 heteroatoms. The average molecular weight is 252 g/mol. The van der Waals surface area contributed by atoms with Crippen molar-refractivity contribution in [1.29, 1.82) is 0 Å². The number of anilines is 1. The SMILES string of the molecule is C=CCN(CC=C)C(=O)c1cc(F)cc(N)c1F. The van der Waals surface area contributed by atoms with Crippen LogP contribution in [-0.4, -0.2) is 23.9 Å². The van der Waals surface area contributed by atoms with Crippen LogP contribution in [0.4, 0.5) is 14.5 Å². The molecule has 1 rings (SSSR count). The summed E-state index contributed by atoms with van der Waals surface area (Å²) >= 11 is 0. The van der Waals surface area contributed by atoms with Crippen molar-refractivity contribution >= 4 is 11.6 Å². The quantitative estimate of drug-likeness (QED) is 0.646. The number of rotatable bonds is 5. The van der Waals surface area contributed by atoms with Crippen LogP contribution in [0.1, 0.15) is 10.4 Å². The van der Waals surface area contributed by atoms with Gasteiger partial charge in [0.15, 0.2) is 5.82 Å². The number of hydrogen-bond acceptors (Lipinski definition) is 2. The van der Waals surface area contributed by atoms with Gasteiger partial charge in [0.05, 0.1) is 11.3 Å².